The zero-order chi connectivity index (χ0) is 12.4. The first-order valence-corrected chi connectivity index (χ1v) is 6.24. The van der Waals surface area contributed by atoms with Gasteiger partial charge in [0.2, 0.25) is 0 Å². The summed E-state index contributed by atoms with van der Waals surface area (Å²) in [4.78, 5) is 0. The van der Waals surface area contributed by atoms with Crippen molar-refractivity contribution in [2.45, 2.75) is 33.1 Å². The third-order valence-electron chi connectivity index (χ3n) is 3.66. The van der Waals surface area contributed by atoms with Crippen molar-refractivity contribution < 1.29 is 8.78 Å². The molecule has 1 unspecified atom stereocenters. The average molecular weight is 239 g/mol. The van der Waals surface area contributed by atoms with E-state index in [1.807, 2.05) is 0 Å². The molecule has 17 heavy (non-hydrogen) atoms. The Balaban J connectivity index is 2.24. The van der Waals surface area contributed by atoms with Gasteiger partial charge in [-0.2, -0.15) is 0 Å². The number of hydrogen-bond acceptors (Lipinski definition) is 1. The molecule has 3 heteroatoms. The molecule has 1 atom stereocenters. The largest absolute Gasteiger partial charge is 0.316 e. The zero-order valence-corrected chi connectivity index (χ0v) is 10.4. The molecule has 0 amide bonds. The topological polar surface area (TPSA) is 12.0 Å². The fourth-order valence-electron chi connectivity index (χ4n) is 2.54. The maximum atomic E-state index is 14.0. The SMILES string of the molecule is Cc1cc(F)c(C)c(CC2CCCNC2)c1F. The molecular weight excluding hydrogens is 220 g/mol. The normalized spacial score (nSPS) is 20.6. The highest BCUT2D eigenvalue weighted by Crippen LogP contribution is 2.25. The van der Waals surface area contributed by atoms with Crippen molar-refractivity contribution in [2.75, 3.05) is 13.1 Å². The van der Waals surface area contributed by atoms with Crippen molar-refractivity contribution in [2.24, 2.45) is 5.92 Å². The van der Waals surface area contributed by atoms with Crippen LogP contribution < -0.4 is 5.32 Å². The van der Waals surface area contributed by atoms with Crippen LogP contribution in [0.5, 0.6) is 0 Å². The summed E-state index contributed by atoms with van der Waals surface area (Å²) >= 11 is 0. The Kier molecular flexibility index (Phi) is 3.77. The molecule has 1 aliphatic rings. The van der Waals surface area contributed by atoms with Crippen molar-refractivity contribution in [1.82, 2.24) is 5.32 Å². The van der Waals surface area contributed by atoms with E-state index in [0.29, 0.717) is 29.0 Å². The van der Waals surface area contributed by atoms with Gasteiger partial charge < -0.3 is 5.32 Å². The van der Waals surface area contributed by atoms with Crippen LogP contribution in [0.25, 0.3) is 0 Å². The van der Waals surface area contributed by atoms with Crippen LogP contribution in [0.15, 0.2) is 6.07 Å². The second kappa shape index (κ2) is 5.13. The molecule has 0 aromatic heterocycles. The quantitative estimate of drug-likeness (QED) is 0.836. The van der Waals surface area contributed by atoms with Gasteiger partial charge in [0.15, 0.2) is 0 Å². The lowest BCUT2D eigenvalue weighted by molar-refractivity contribution is 0.370. The summed E-state index contributed by atoms with van der Waals surface area (Å²) in [6, 6.07) is 1.29. The van der Waals surface area contributed by atoms with Gasteiger partial charge in [-0.25, -0.2) is 8.78 Å². The van der Waals surface area contributed by atoms with Crippen LogP contribution >= 0.6 is 0 Å². The molecule has 1 aliphatic heterocycles. The smallest absolute Gasteiger partial charge is 0.129 e. The van der Waals surface area contributed by atoms with E-state index < -0.39 is 0 Å². The Hall–Kier alpha value is -0.960. The van der Waals surface area contributed by atoms with E-state index in [1.54, 1.807) is 13.8 Å². The molecule has 1 heterocycles. The van der Waals surface area contributed by atoms with E-state index in [9.17, 15) is 8.78 Å². The summed E-state index contributed by atoms with van der Waals surface area (Å²) in [7, 11) is 0. The molecule has 0 radical (unpaired) electrons. The van der Waals surface area contributed by atoms with Crippen LogP contribution in [0.1, 0.15) is 29.5 Å². The maximum Gasteiger partial charge on any atom is 0.129 e. The summed E-state index contributed by atoms with van der Waals surface area (Å²) in [5.41, 5.74) is 1.45. The molecule has 1 fully saturated rings. The minimum absolute atomic E-state index is 0.227. The zero-order valence-electron chi connectivity index (χ0n) is 10.4. The highest BCUT2D eigenvalue weighted by atomic mass is 19.1. The molecule has 0 aliphatic carbocycles. The Labute approximate surface area is 101 Å². The number of benzene rings is 1. The summed E-state index contributed by atoms with van der Waals surface area (Å²) in [6.45, 7) is 5.25. The highest BCUT2D eigenvalue weighted by molar-refractivity contribution is 5.34. The minimum atomic E-state index is -0.289. The Morgan fingerprint density at radius 1 is 1.35 bits per heavy atom. The molecule has 0 spiro atoms. The van der Waals surface area contributed by atoms with Crippen LogP contribution in [0, 0.1) is 31.4 Å². The summed E-state index contributed by atoms with van der Waals surface area (Å²) in [5.74, 6) is -0.0877. The van der Waals surface area contributed by atoms with Crippen molar-refractivity contribution in [3.63, 3.8) is 0 Å². The third-order valence-corrected chi connectivity index (χ3v) is 3.66. The fraction of sp³-hybridized carbons (Fsp3) is 0.571. The number of halogens is 2. The Morgan fingerprint density at radius 2 is 2.12 bits per heavy atom. The Bertz CT molecular complexity index is 383. The first-order valence-electron chi connectivity index (χ1n) is 6.24. The predicted molar refractivity (Wildman–Crippen MR) is 65.1 cm³/mol. The monoisotopic (exact) mass is 239 g/mol. The number of piperidine rings is 1. The third kappa shape index (κ3) is 2.65. The van der Waals surface area contributed by atoms with Gasteiger partial charge in [0, 0.05) is 0 Å². The second-order valence-electron chi connectivity index (χ2n) is 5.01. The minimum Gasteiger partial charge on any atom is -0.316 e. The average Bonchev–Trinajstić information content (AvgIpc) is 2.33. The molecule has 1 aromatic rings. The van der Waals surface area contributed by atoms with Gasteiger partial charge in [-0.1, -0.05) is 0 Å². The first-order chi connectivity index (χ1) is 8.09. The van der Waals surface area contributed by atoms with Gasteiger partial charge in [-0.15, -0.1) is 0 Å². The van der Waals surface area contributed by atoms with Crippen LogP contribution in [0.2, 0.25) is 0 Å². The van der Waals surface area contributed by atoms with Gasteiger partial charge in [0.05, 0.1) is 0 Å². The molecule has 0 bridgehead atoms. The second-order valence-corrected chi connectivity index (χ2v) is 5.01. The van der Waals surface area contributed by atoms with Gasteiger partial charge in [-0.3, -0.25) is 0 Å². The van der Waals surface area contributed by atoms with Crippen LogP contribution in [-0.2, 0) is 6.42 Å². The predicted octanol–water partition coefficient (Wildman–Crippen LogP) is 3.12. The fourth-order valence-corrected chi connectivity index (χ4v) is 2.54. The first kappa shape index (κ1) is 12.5. The van der Waals surface area contributed by atoms with Crippen LogP contribution in [-0.4, -0.2) is 13.1 Å². The molecule has 94 valence electrons. The molecule has 1 nitrogen and oxygen atoms in total. The lowest BCUT2D eigenvalue weighted by Crippen LogP contribution is -2.31. The van der Waals surface area contributed by atoms with Gasteiger partial charge in [0.25, 0.3) is 0 Å². The van der Waals surface area contributed by atoms with E-state index in [1.165, 1.54) is 6.07 Å². The number of aryl methyl sites for hydroxylation is 1. The summed E-state index contributed by atoms with van der Waals surface area (Å²) in [5, 5.41) is 3.31. The molecule has 0 saturated carbocycles. The van der Waals surface area contributed by atoms with Crippen molar-refractivity contribution in [3.05, 3.63) is 34.4 Å². The van der Waals surface area contributed by atoms with Gasteiger partial charge in [0.1, 0.15) is 11.6 Å². The van der Waals surface area contributed by atoms with Gasteiger partial charge in [-0.05, 0) is 74.9 Å². The van der Waals surface area contributed by atoms with Crippen LogP contribution in [0.4, 0.5) is 8.78 Å². The van der Waals surface area contributed by atoms with Crippen molar-refractivity contribution in [1.29, 1.82) is 0 Å². The van der Waals surface area contributed by atoms with E-state index in [2.05, 4.69) is 5.32 Å². The lowest BCUT2D eigenvalue weighted by Gasteiger charge is -2.24. The van der Waals surface area contributed by atoms with Crippen molar-refractivity contribution in [3.8, 4) is 0 Å². The summed E-state index contributed by atoms with van der Waals surface area (Å²) < 4.78 is 27.6. The Morgan fingerprint density at radius 3 is 2.76 bits per heavy atom. The number of hydrogen-bond donors (Lipinski definition) is 1. The maximum absolute atomic E-state index is 14.0. The van der Waals surface area contributed by atoms with Gasteiger partial charge >= 0.3 is 0 Å². The molecule has 1 aromatic carbocycles. The van der Waals surface area contributed by atoms with E-state index >= 15 is 0 Å². The number of nitrogens with one attached hydrogen (secondary N) is 1. The van der Waals surface area contributed by atoms with Crippen LogP contribution in [0.3, 0.4) is 0 Å². The molecule has 1 saturated heterocycles. The standard InChI is InChI=1S/C14H19F2N/c1-9-6-13(15)10(2)12(14(9)16)7-11-4-3-5-17-8-11/h6,11,17H,3-5,7-8H2,1-2H3. The number of rotatable bonds is 2. The van der Waals surface area contributed by atoms with E-state index in [0.717, 1.165) is 25.9 Å². The van der Waals surface area contributed by atoms with E-state index in [4.69, 9.17) is 0 Å². The molecular formula is C14H19F2N. The lowest BCUT2D eigenvalue weighted by atomic mass is 9.89. The van der Waals surface area contributed by atoms with Crippen molar-refractivity contribution >= 4 is 0 Å². The molecule has 2 rings (SSSR count). The highest BCUT2D eigenvalue weighted by Gasteiger charge is 2.19. The molecule has 1 N–H and O–H groups in total. The van der Waals surface area contributed by atoms with E-state index in [-0.39, 0.29) is 11.6 Å². The summed E-state index contributed by atoms with van der Waals surface area (Å²) in [6.07, 6.45) is 2.87.